The summed E-state index contributed by atoms with van der Waals surface area (Å²) in [5, 5.41) is 2.46. The molecule has 0 N–H and O–H groups in total. The van der Waals surface area contributed by atoms with Gasteiger partial charge in [-0.2, -0.15) is 0 Å². The van der Waals surface area contributed by atoms with Crippen molar-refractivity contribution in [2.24, 2.45) is 0 Å². The predicted molar refractivity (Wildman–Crippen MR) is 90.3 cm³/mol. The minimum Gasteiger partial charge on any atom is -0.543 e. The molecule has 0 heterocycles. The van der Waals surface area contributed by atoms with Crippen LogP contribution in [0, 0.1) is 0 Å². The summed E-state index contributed by atoms with van der Waals surface area (Å²) in [7, 11) is -1.76. The van der Waals surface area contributed by atoms with E-state index in [0.717, 1.165) is 16.2 Å². The highest BCUT2D eigenvalue weighted by Crippen LogP contribution is 2.36. The van der Waals surface area contributed by atoms with Gasteiger partial charge in [0, 0.05) is 0 Å². The molecule has 0 aliphatic carbocycles. The first-order chi connectivity index (χ1) is 8.21. The highest BCUT2D eigenvalue weighted by molar-refractivity contribution is 9.14. The molecule has 0 saturated heterocycles. The van der Waals surface area contributed by atoms with E-state index >= 15 is 0 Å². The molecule has 0 saturated carbocycles. The van der Waals surface area contributed by atoms with Crippen molar-refractivity contribution in [1.29, 1.82) is 0 Å². The minimum absolute atomic E-state index is 0.214. The Morgan fingerprint density at radius 2 is 1.61 bits per heavy atom. The number of hydrogen-bond acceptors (Lipinski definition) is 1. The lowest BCUT2D eigenvalue weighted by atomic mass is 10.2. The first kappa shape index (κ1) is 16.0. The van der Waals surface area contributed by atoms with E-state index in [4.69, 9.17) is 4.43 Å². The third kappa shape index (κ3) is 3.72. The molecule has 0 radical (unpaired) electrons. The van der Waals surface area contributed by atoms with Crippen LogP contribution in [0.1, 0.15) is 20.8 Å². The zero-order valence-corrected chi connectivity index (χ0v) is 15.7. The zero-order valence-electron chi connectivity index (χ0n) is 11.6. The summed E-state index contributed by atoms with van der Waals surface area (Å²) in [5.74, 6) is 0.949. The molecule has 0 aliphatic heterocycles. The summed E-state index contributed by atoms with van der Waals surface area (Å²) >= 11 is 6.76. The summed E-state index contributed by atoms with van der Waals surface area (Å²) in [4.78, 5) is 3.83. The van der Waals surface area contributed by atoms with Gasteiger partial charge in [0.2, 0.25) is 8.32 Å². The van der Waals surface area contributed by atoms with E-state index in [-0.39, 0.29) is 5.04 Å². The highest BCUT2D eigenvalue weighted by atomic mass is 79.9. The van der Waals surface area contributed by atoms with Gasteiger partial charge in [-0.1, -0.05) is 58.7 Å². The lowest BCUT2D eigenvalue weighted by Gasteiger charge is -2.36. The first-order valence-electron chi connectivity index (χ1n) is 5.91. The number of hydrogen-bond donors (Lipinski definition) is 0. The van der Waals surface area contributed by atoms with Crippen molar-refractivity contribution in [3.05, 3.63) is 28.6 Å². The maximum absolute atomic E-state index is 6.28. The molecule has 0 atom stereocenters. The lowest BCUT2D eigenvalue weighted by molar-refractivity contribution is 0.492. The molecule has 4 heteroatoms. The Morgan fingerprint density at radius 1 is 1.06 bits per heavy atom. The Hall–Kier alpha value is -0.0631. The Bertz CT molecular complexity index is 530. The van der Waals surface area contributed by atoms with Crippen LogP contribution < -0.4 is 14.9 Å². The smallest absolute Gasteiger partial charge is 0.250 e. The second kappa shape index (κ2) is 5.93. The van der Waals surface area contributed by atoms with E-state index in [2.05, 4.69) is 77.9 Å². The van der Waals surface area contributed by atoms with Crippen LogP contribution in [0.5, 0.6) is 5.75 Å². The van der Waals surface area contributed by atoms with E-state index in [0.29, 0.717) is 0 Å². The van der Waals surface area contributed by atoms with E-state index in [1.807, 2.05) is 16.0 Å². The van der Waals surface area contributed by atoms with Gasteiger partial charge in [0.05, 0.1) is 0 Å². The summed E-state index contributed by atoms with van der Waals surface area (Å²) < 4.78 is 6.28. The molecule has 1 nitrogen and oxygen atoms in total. The van der Waals surface area contributed by atoms with Crippen molar-refractivity contribution in [3.63, 3.8) is 0 Å². The molecule has 1 aromatic rings. The van der Waals surface area contributed by atoms with Crippen LogP contribution in [0.15, 0.2) is 18.2 Å². The van der Waals surface area contributed by atoms with Gasteiger partial charge in [0.25, 0.3) is 0 Å². The van der Waals surface area contributed by atoms with Crippen molar-refractivity contribution in [2.75, 3.05) is 0 Å². The fourth-order valence-electron chi connectivity index (χ4n) is 1.26. The maximum atomic E-state index is 6.28. The Morgan fingerprint density at radius 3 is 2.06 bits per heavy atom. The average molecular weight is 392 g/mol. The quantitative estimate of drug-likeness (QED) is 0.681. The normalized spacial score (nSPS) is 15.1. The van der Waals surface area contributed by atoms with Gasteiger partial charge in [-0.25, -0.2) is 0 Å². The van der Waals surface area contributed by atoms with Crippen molar-refractivity contribution in [2.45, 2.75) is 38.9 Å². The van der Waals surface area contributed by atoms with Crippen LogP contribution in [-0.2, 0) is 0 Å². The molecule has 100 valence electrons. The van der Waals surface area contributed by atoms with Crippen LogP contribution in [0.2, 0.25) is 18.1 Å². The summed E-state index contributed by atoms with van der Waals surface area (Å²) in [6.07, 6.45) is 0. The van der Waals surface area contributed by atoms with Crippen molar-refractivity contribution in [3.8, 4) is 5.75 Å². The van der Waals surface area contributed by atoms with Gasteiger partial charge in [-0.05, 0) is 50.7 Å². The van der Waals surface area contributed by atoms with Gasteiger partial charge in [0.1, 0.15) is 5.75 Å². The van der Waals surface area contributed by atoms with Gasteiger partial charge >= 0.3 is 0 Å². The summed E-state index contributed by atoms with van der Waals surface area (Å²) in [6.45, 7) is 11.3. The highest BCUT2D eigenvalue weighted by Gasteiger charge is 2.38. The summed E-state index contributed by atoms with van der Waals surface area (Å²) in [5.41, 5.74) is 0. The molecule has 18 heavy (non-hydrogen) atoms. The molecule has 0 unspecified atom stereocenters. The molecule has 0 spiro atoms. The molecule has 0 aromatic heterocycles. The van der Waals surface area contributed by atoms with Gasteiger partial charge in [0.15, 0.2) is 0 Å². The second-order valence-corrected chi connectivity index (χ2v) is 11.5. The topological polar surface area (TPSA) is 9.23 Å². The predicted octanol–water partition coefficient (Wildman–Crippen LogP) is 4.34. The Labute approximate surface area is 127 Å². The van der Waals surface area contributed by atoms with Crippen LogP contribution >= 0.6 is 31.9 Å². The van der Waals surface area contributed by atoms with Crippen LogP contribution in [0.25, 0.3) is 9.97 Å². The standard InChI is InChI=1S/C14H20Br2OSi/c1-14(2,3)18(4,5)17-13-7-6-11(9-15)12(8-13)10-16/h6-10H,1-5H3/b11-9+,12-10+. The fourth-order valence-corrected chi connectivity index (χ4v) is 3.09. The molecule has 0 amide bonds. The van der Waals surface area contributed by atoms with Gasteiger partial charge in [-0.3, -0.25) is 0 Å². The molecule has 0 bridgehead atoms. The molecule has 0 aliphatic rings. The first-order valence-corrected chi connectivity index (χ1v) is 10.6. The van der Waals surface area contributed by atoms with Gasteiger partial charge < -0.3 is 4.43 Å². The van der Waals surface area contributed by atoms with E-state index in [9.17, 15) is 0 Å². The van der Waals surface area contributed by atoms with Gasteiger partial charge in [-0.15, -0.1) is 0 Å². The SMILES string of the molecule is CC(C)(C)[Si](C)(C)Oc1ccc(=C\Br)/c(=C/Br)c1. The van der Waals surface area contributed by atoms with Crippen LogP contribution in [-0.4, -0.2) is 8.32 Å². The second-order valence-electron chi connectivity index (χ2n) is 5.87. The third-order valence-electron chi connectivity index (χ3n) is 3.47. The molecular formula is C14H20Br2OSi. The van der Waals surface area contributed by atoms with E-state index in [1.165, 1.54) is 0 Å². The number of halogens is 2. The number of rotatable bonds is 2. The monoisotopic (exact) mass is 390 g/mol. The Balaban J connectivity index is 3.16. The van der Waals surface area contributed by atoms with Crippen molar-refractivity contribution < 1.29 is 4.43 Å². The Kier molecular flexibility index (Phi) is 5.27. The fraction of sp³-hybridized carbons (Fsp3) is 0.429. The molecule has 1 rings (SSSR count). The van der Waals surface area contributed by atoms with E-state index in [1.54, 1.807) is 0 Å². The van der Waals surface area contributed by atoms with Crippen molar-refractivity contribution >= 4 is 50.1 Å². The third-order valence-corrected chi connectivity index (χ3v) is 8.82. The molecule has 1 aromatic carbocycles. The zero-order chi connectivity index (χ0) is 14.0. The average Bonchev–Trinajstić information content (AvgIpc) is 2.26. The van der Waals surface area contributed by atoms with Crippen LogP contribution in [0.3, 0.4) is 0 Å². The minimum atomic E-state index is -1.76. The maximum Gasteiger partial charge on any atom is 0.250 e. The lowest BCUT2D eigenvalue weighted by Crippen LogP contribution is -2.44. The van der Waals surface area contributed by atoms with Crippen molar-refractivity contribution in [1.82, 2.24) is 0 Å². The molecular weight excluding hydrogens is 372 g/mol. The molecule has 0 fully saturated rings. The van der Waals surface area contributed by atoms with Crippen LogP contribution in [0.4, 0.5) is 0 Å². The number of benzene rings is 1. The summed E-state index contributed by atoms with van der Waals surface area (Å²) in [6, 6.07) is 6.17. The largest absolute Gasteiger partial charge is 0.543 e. The van der Waals surface area contributed by atoms with E-state index < -0.39 is 8.32 Å².